The number of aromatic nitrogens is 1. The molecule has 6 heterocycles. The molecule has 268 valence electrons. The minimum absolute atomic E-state index is 0.0569. The second-order valence-electron chi connectivity index (χ2n) is 13.8. The number of amides is 2. The van der Waals surface area contributed by atoms with Crippen LogP contribution in [-0.2, 0) is 14.9 Å². The van der Waals surface area contributed by atoms with Crippen LogP contribution in [0.5, 0.6) is 5.75 Å². The molecule has 0 aliphatic carbocycles. The summed E-state index contributed by atoms with van der Waals surface area (Å²) in [4.78, 5) is 59.3. The Balaban J connectivity index is 0.859. The first-order valence-electron chi connectivity index (χ1n) is 17.6. The molecular formula is C38H43N5O7S. The van der Waals surface area contributed by atoms with Gasteiger partial charge >= 0.3 is 5.97 Å². The summed E-state index contributed by atoms with van der Waals surface area (Å²) in [5.41, 5.74) is 0.495. The smallest absolute Gasteiger partial charge is 0.320 e. The molecule has 13 heteroatoms. The van der Waals surface area contributed by atoms with Gasteiger partial charge < -0.3 is 35.5 Å². The number of esters is 1. The zero-order valence-electron chi connectivity index (χ0n) is 28.3. The third kappa shape index (κ3) is 7.29. The van der Waals surface area contributed by atoms with Crippen molar-refractivity contribution in [2.24, 2.45) is 5.92 Å². The standard InChI is InChI=1S/C38H43N5O7S/c44-28-10-8-26(27-9-13-33(46)41-34(27)28)29(45)20-39-16-4-5-17-40-35(47)31-11-12-32(51-31)36(48)43-22-38(23-43,25-6-2-1-3-7-25)37(49)50-30-21-42-18-14-24(30)15-19-42/h1-3,6-13,24,29-30,39,44-45H,4-5,14-23H2,(H,40,47)(H,41,46). The number of phenols is 1. The Morgan fingerprint density at radius 3 is 2.45 bits per heavy atom. The van der Waals surface area contributed by atoms with Gasteiger partial charge in [0.2, 0.25) is 5.56 Å². The van der Waals surface area contributed by atoms with Gasteiger partial charge in [0.05, 0.1) is 21.4 Å². The van der Waals surface area contributed by atoms with E-state index in [0.717, 1.165) is 55.8 Å². The molecule has 0 saturated carbocycles. The highest BCUT2D eigenvalue weighted by atomic mass is 32.1. The molecule has 4 aromatic rings. The number of rotatable bonds is 13. The first-order chi connectivity index (χ1) is 24.7. The number of aromatic amines is 1. The Hall–Kier alpha value is -4.56. The zero-order chi connectivity index (χ0) is 35.5. The molecule has 0 radical (unpaired) electrons. The molecule has 2 aromatic carbocycles. The van der Waals surface area contributed by atoms with Crippen molar-refractivity contribution >= 4 is 40.0 Å². The maximum Gasteiger partial charge on any atom is 0.320 e. The summed E-state index contributed by atoms with van der Waals surface area (Å²) in [5.74, 6) is -0.381. The number of aliphatic hydroxyl groups is 1. The molecule has 2 unspecified atom stereocenters. The van der Waals surface area contributed by atoms with Crippen LogP contribution in [0.25, 0.3) is 10.9 Å². The van der Waals surface area contributed by atoms with E-state index in [2.05, 4.69) is 20.5 Å². The number of unbranched alkanes of at least 4 members (excludes halogenated alkanes) is 1. The minimum Gasteiger partial charge on any atom is -0.506 e. The number of piperidine rings is 3. The van der Waals surface area contributed by atoms with Gasteiger partial charge in [-0.05, 0) is 86.6 Å². The molecule has 5 N–H and O–H groups in total. The van der Waals surface area contributed by atoms with E-state index in [1.165, 1.54) is 12.1 Å². The number of carbonyl (C=O) groups excluding carboxylic acids is 3. The number of aromatic hydroxyl groups is 1. The van der Waals surface area contributed by atoms with Crippen LogP contribution >= 0.6 is 11.3 Å². The van der Waals surface area contributed by atoms with Gasteiger partial charge in [0, 0.05) is 44.2 Å². The first-order valence-corrected chi connectivity index (χ1v) is 18.4. The van der Waals surface area contributed by atoms with Crippen LogP contribution in [0.4, 0.5) is 0 Å². The van der Waals surface area contributed by atoms with Gasteiger partial charge in [-0.2, -0.15) is 0 Å². The van der Waals surface area contributed by atoms with Crippen LogP contribution in [0.2, 0.25) is 0 Å². The normalized spacial score (nSPS) is 21.2. The minimum atomic E-state index is -0.908. The number of carbonyl (C=O) groups is 3. The summed E-state index contributed by atoms with van der Waals surface area (Å²) in [5, 5.41) is 27.5. The van der Waals surface area contributed by atoms with Gasteiger partial charge in [-0.25, -0.2) is 0 Å². The van der Waals surface area contributed by atoms with Crippen molar-refractivity contribution in [2.75, 3.05) is 52.4 Å². The largest absolute Gasteiger partial charge is 0.506 e. The number of nitrogens with one attached hydrogen (secondary N) is 3. The maximum absolute atomic E-state index is 13.8. The quantitative estimate of drug-likeness (QED) is 0.103. The van der Waals surface area contributed by atoms with E-state index in [1.807, 2.05) is 30.3 Å². The number of hydrogen-bond acceptors (Lipinski definition) is 10. The lowest BCUT2D eigenvalue weighted by Crippen LogP contribution is -2.66. The van der Waals surface area contributed by atoms with E-state index in [4.69, 9.17) is 4.74 Å². The van der Waals surface area contributed by atoms with Crippen molar-refractivity contribution < 1.29 is 29.3 Å². The number of thiophene rings is 1. The third-order valence-corrected chi connectivity index (χ3v) is 11.6. The summed E-state index contributed by atoms with van der Waals surface area (Å²) in [6.45, 7) is 4.70. The van der Waals surface area contributed by atoms with Crippen LogP contribution in [0, 0.1) is 5.92 Å². The van der Waals surface area contributed by atoms with Gasteiger partial charge in [-0.15, -0.1) is 11.3 Å². The van der Waals surface area contributed by atoms with E-state index < -0.39 is 11.5 Å². The van der Waals surface area contributed by atoms with Crippen LogP contribution in [-0.4, -0.2) is 101 Å². The van der Waals surface area contributed by atoms with E-state index in [9.17, 15) is 29.4 Å². The van der Waals surface area contributed by atoms with Gasteiger partial charge in [-0.3, -0.25) is 24.1 Å². The lowest BCUT2D eigenvalue weighted by Gasteiger charge is -2.50. The highest BCUT2D eigenvalue weighted by molar-refractivity contribution is 7.15. The maximum atomic E-state index is 13.8. The molecule has 51 heavy (non-hydrogen) atoms. The number of likely N-dealkylation sites (tertiary alicyclic amines) is 1. The van der Waals surface area contributed by atoms with E-state index >= 15 is 0 Å². The number of aliphatic hydroxyl groups excluding tert-OH is 1. The molecule has 8 rings (SSSR count). The van der Waals surface area contributed by atoms with Crippen molar-refractivity contribution in [3.63, 3.8) is 0 Å². The average Bonchev–Trinajstić information content (AvgIpc) is 3.63. The molecule has 4 aliphatic rings. The number of benzene rings is 2. The van der Waals surface area contributed by atoms with Crippen LogP contribution < -0.4 is 16.2 Å². The number of pyridine rings is 1. The fourth-order valence-electron chi connectivity index (χ4n) is 7.52. The van der Waals surface area contributed by atoms with Gasteiger partial charge in [-0.1, -0.05) is 36.4 Å². The second-order valence-corrected chi connectivity index (χ2v) is 14.9. The fourth-order valence-corrected chi connectivity index (χ4v) is 8.41. The summed E-state index contributed by atoms with van der Waals surface area (Å²) in [6.07, 6.45) is 2.60. The SMILES string of the molecule is O=C(NCCCCNCC(O)c1ccc(O)c2[nH]c(=O)ccc12)c1ccc(C(=O)N2CC(C(=O)OC3CN4CCC3CC4)(c3ccccc3)C2)s1. The number of nitrogens with zero attached hydrogens (tertiary/aromatic N) is 2. The molecule has 4 saturated heterocycles. The molecule has 4 fully saturated rings. The van der Waals surface area contributed by atoms with Crippen molar-refractivity contribution in [2.45, 2.75) is 43.3 Å². The number of fused-ring (bicyclic) bond motifs is 4. The summed E-state index contributed by atoms with van der Waals surface area (Å²) in [7, 11) is 0. The second kappa shape index (κ2) is 15.0. The molecule has 2 atom stereocenters. The van der Waals surface area contributed by atoms with Crippen molar-refractivity contribution in [1.29, 1.82) is 0 Å². The van der Waals surface area contributed by atoms with Crippen molar-refractivity contribution in [1.82, 2.24) is 25.4 Å². The number of phenolic OH excluding ortho intramolecular Hbond substituents is 1. The lowest BCUT2D eigenvalue weighted by atomic mass is 9.73. The summed E-state index contributed by atoms with van der Waals surface area (Å²) >= 11 is 1.14. The van der Waals surface area contributed by atoms with Crippen LogP contribution in [0.1, 0.15) is 62.3 Å². The van der Waals surface area contributed by atoms with Gasteiger partial charge in [0.25, 0.3) is 11.8 Å². The predicted molar refractivity (Wildman–Crippen MR) is 193 cm³/mol. The Labute approximate surface area is 299 Å². The topological polar surface area (TPSA) is 164 Å². The predicted octanol–water partition coefficient (Wildman–Crippen LogP) is 3.16. The van der Waals surface area contributed by atoms with E-state index in [1.54, 1.807) is 29.2 Å². The highest BCUT2D eigenvalue weighted by Gasteiger charge is 2.55. The summed E-state index contributed by atoms with van der Waals surface area (Å²) in [6, 6.07) is 18.9. The van der Waals surface area contributed by atoms with Gasteiger partial charge in [0.1, 0.15) is 17.3 Å². The average molecular weight is 714 g/mol. The first kappa shape index (κ1) is 34.9. The Morgan fingerprint density at radius 1 is 0.961 bits per heavy atom. The lowest BCUT2D eigenvalue weighted by molar-refractivity contribution is -0.171. The van der Waals surface area contributed by atoms with Crippen molar-refractivity contribution in [3.05, 3.63) is 98.0 Å². The summed E-state index contributed by atoms with van der Waals surface area (Å²) < 4.78 is 6.17. The molecule has 2 amide bonds. The third-order valence-electron chi connectivity index (χ3n) is 10.5. The molecule has 2 aromatic heterocycles. The van der Waals surface area contributed by atoms with E-state index in [0.29, 0.717) is 51.6 Å². The number of ether oxygens (including phenoxy) is 1. The molecule has 12 nitrogen and oxygen atoms in total. The Kier molecular flexibility index (Phi) is 10.2. The number of hydrogen-bond donors (Lipinski definition) is 5. The zero-order valence-corrected chi connectivity index (χ0v) is 29.1. The molecule has 2 bridgehead atoms. The highest BCUT2D eigenvalue weighted by Crippen LogP contribution is 2.39. The Morgan fingerprint density at radius 2 is 1.71 bits per heavy atom. The van der Waals surface area contributed by atoms with Crippen LogP contribution in [0.15, 0.2) is 71.5 Å². The Bertz CT molecular complexity index is 1950. The molecule has 4 aliphatic heterocycles. The number of H-pyrrole nitrogens is 1. The molecular weight excluding hydrogens is 671 g/mol. The van der Waals surface area contributed by atoms with E-state index in [-0.39, 0.29) is 54.8 Å². The monoisotopic (exact) mass is 713 g/mol. The van der Waals surface area contributed by atoms with Crippen LogP contribution in [0.3, 0.4) is 0 Å². The van der Waals surface area contributed by atoms with Crippen molar-refractivity contribution in [3.8, 4) is 5.75 Å². The molecule has 0 spiro atoms. The van der Waals surface area contributed by atoms with Gasteiger partial charge in [0.15, 0.2) is 0 Å². The fraction of sp³-hybridized carbons (Fsp3) is 0.421.